The molecule has 0 unspecified atom stereocenters. The SMILES string of the molecule is O=C(CCC(F)(F)F)N[C@@H]1CCCc2nc(-c3ccccc3)ncc21. The van der Waals surface area contributed by atoms with Crippen LogP contribution in [0.4, 0.5) is 13.2 Å². The number of carbonyl (C=O) groups is 1. The van der Waals surface area contributed by atoms with Gasteiger partial charge in [0.2, 0.25) is 5.91 Å². The van der Waals surface area contributed by atoms with Crippen LogP contribution in [-0.2, 0) is 11.2 Å². The summed E-state index contributed by atoms with van der Waals surface area (Å²) in [6.45, 7) is 0. The summed E-state index contributed by atoms with van der Waals surface area (Å²) < 4.78 is 36.7. The summed E-state index contributed by atoms with van der Waals surface area (Å²) in [4.78, 5) is 20.8. The van der Waals surface area contributed by atoms with E-state index in [-0.39, 0.29) is 6.04 Å². The topological polar surface area (TPSA) is 54.9 Å². The molecule has 4 nitrogen and oxygen atoms in total. The minimum Gasteiger partial charge on any atom is -0.349 e. The zero-order chi connectivity index (χ0) is 17.9. The predicted molar refractivity (Wildman–Crippen MR) is 86.6 cm³/mol. The molecule has 132 valence electrons. The minimum absolute atomic E-state index is 0.325. The molecule has 1 aromatic carbocycles. The van der Waals surface area contributed by atoms with Crippen molar-refractivity contribution in [3.63, 3.8) is 0 Å². The molecule has 0 saturated heterocycles. The number of nitrogens with zero attached hydrogens (tertiary/aromatic N) is 2. The minimum atomic E-state index is -4.32. The van der Waals surface area contributed by atoms with Crippen LogP contribution in [0.5, 0.6) is 0 Å². The number of benzene rings is 1. The molecule has 0 aliphatic heterocycles. The highest BCUT2D eigenvalue weighted by Crippen LogP contribution is 2.30. The van der Waals surface area contributed by atoms with Gasteiger partial charge in [-0.1, -0.05) is 30.3 Å². The van der Waals surface area contributed by atoms with E-state index >= 15 is 0 Å². The first-order valence-corrected chi connectivity index (χ1v) is 8.20. The molecule has 1 aliphatic rings. The number of fused-ring (bicyclic) bond motifs is 1. The highest BCUT2D eigenvalue weighted by molar-refractivity contribution is 5.76. The normalized spacial score (nSPS) is 17.0. The molecule has 1 atom stereocenters. The average molecular weight is 349 g/mol. The van der Waals surface area contributed by atoms with Crippen LogP contribution in [-0.4, -0.2) is 22.1 Å². The highest BCUT2D eigenvalue weighted by Gasteiger charge is 2.29. The van der Waals surface area contributed by atoms with Crippen LogP contribution in [0.1, 0.15) is 43.0 Å². The molecule has 1 N–H and O–H groups in total. The summed E-state index contributed by atoms with van der Waals surface area (Å²) in [7, 11) is 0. The molecular formula is C18H18F3N3O. The van der Waals surface area contributed by atoms with Crippen LogP contribution < -0.4 is 5.32 Å². The van der Waals surface area contributed by atoms with Gasteiger partial charge in [0.25, 0.3) is 0 Å². The molecular weight excluding hydrogens is 331 g/mol. The zero-order valence-corrected chi connectivity index (χ0v) is 13.5. The van der Waals surface area contributed by atoms with Gasteiger partial charge in [-0.3, -0.25) is 4.79 Å². The smallest absolute Gasteiger partial charge is 0.349 e. The van der Waals surface area contributed by atoms with Gasteiger partial charge in [-0.25, -0.2) is 9.97 Å². The van der Waals surface area contributed by atoms with Crippen molar-refractivity contribution >= 4 is 5.91 Å². The fourth-order valence-corrected chi connectivity index (χ4v) is 2.94. The van der Waals surface area contributed by atoms with Crippen molar-refractivity contribution < 1.29 is 18.0 Å². The van der Waals surface area contributed by atoms with E-state index in [1.54, 1.807) is 6.20 Å². The van der Waals surface area contributed by atoms with Crippen molar-refractivity contribution in [1.82, 2.24) is 15.3 Å². The summed E-state index contributed by atoms with van der Waals surface area (Å²) in [5.41, 5.74) is 2.55. The van der Waals surface area contributed by atoms with Gasteiger partial charge in [-0.15, -0.1) is 0 Å². The van der Waals surface area contributed by atoms with Crippen LogP contribution in [0, 0.1) is 0 Å². The first-order chi connectivity index (χ1) is 11.9. The molecule has 0 saturated carbocycles. The first-order valence-electron chi connectivity index (χ1n) is 8.20. The number of nitrogens with one attached hydrogen (secondary N) is 1. The molecule has 0 bridgehead atoms. The summed E-state index contributed by atoms with van der Waals surface area (Å²) >= 11 is 0. The second-order valence-electron chi connectivity index (χ2n) is 6.09. The summed E-state index contributed by atoms with van der Waals surface area (Å²) in [6.07, 6.45) is -2.04. The van der Waals surface area contributed by atoms with E-state index in [0.717, 1.165) is 29.7 Å². The van der Waals surface area contributed by atoms with Crippen LogP contribution in [0.2, 0.25) is 0 Å². The van der Waals surface area contributed by atoms with Crippen molar-refractivity contribution in [1.29, 1.82) is 0 Å². The molecule has 1 amide bonds. The lowest BCUT2D eigenvalue weighted by molar-refractivity contribution is -0.144. The Morgan fingerprint density at radius 2 is 2.00 bits per heavy atom. The van der Waals surface area contributed by atoms with E-state index in [1.165, 1.54) is 0 Å². The Labute approximate surface area is 143 Å². The van der Waals surface area contributed by atoms with Crippen LogP contribution in [0.3, 0.4) is 0 Å². The Morgan fingerprint density at radius 3 is 2.72 bits per heavy atom. The molecule has 1 aromatic heterocycles. The summed E-state index contributed by atoms with van der Waals surface area (Å²) in [6, 6.07) is 9.23. The maximum Gasteiger partial charge on any atom is 0.389 e. The Kier molecular flexibility index (Phi) is 5.01. The predicted octanol–water partition coefficient (Wildman–Crippen LogP) is 3.98. The number of rotatable bonds is 4. The standard InChI is InChI=1S/C18H18F3N3O/c19-18(20,21)10-9-16(25)23-14-7-4-8-15-13(14)11-22-17(24-15)12-5-2-1-3-6-12/h1-3,5-6,11,14H,4,7-10H2,(H,23,25)/t14-/m1/s1. The number of amides is 1. The molecule has 25 heavy (non-hydrogen) atoms. The molecule has 3 rings (SSSR count). The second-order valence-corrected chi connectivity index (χ2v) is 6.09. The van der Waals surface area contributed by atoms with E-state index in [0.29, 0.717) is 12.2 Å². The highest BCUT2D eigenvalue weighted by atomic mass is 19.4. The van der Waals surface area contributed by atoms with Gasteiger partial charge in [0.1, 0.15) is 0 Å². The van der Waals surface area contributed by atoms with Crippen molar-refractivity contribution in [2.45, 2.75) is 44.3 Å². The number of aromatic nitrogens is 2. The van der Waals surface area contributed by atoms with Gasteiger partial charge in [-0.05, 0) is 19.3 Å². The lowest BCUT2D eigenvalue weighted by Gasteiger charge is -2.25. The van der Waals surface area contributed by atoms with Gasteiger partial charge in [-0.2, -0.15) is 13.2 Å². The molecule has 2 aromatic rings. The monoisotopic (exact) mass is 349 g/mol. The molecule has 0 fully saturated rings. The van der Waals surface area contributed by atoms with Crippen LogP contribution in [0.15, 0.2) is 36.5 Å². The van der Waals surface area contributed by atoms with Crippen molar-refractivity contribution in [2.24, 2.45) is 0 Å². The van der Waals surface area contributed by atoms with Gasteiger partial charge < -0.3 is 5.32 Å². The Morgan fingerprint density at radius 1 is 1.24 bits per heavy atom. The number of halogens is 3. The third kappa shape index (κ3) is 4.55. The van der Waals surface area contributed by atoms with Crippen molar-refractivity contribution in [3.8, 4) is 11.4 Å². The van der Waals surface area contributed by atoms with Crippen molar-refractivity contribution in [2.75, 3.05) is 0 Å². The van der Waals surface area contributed by atoms with E-state index in [2.05, 4.69) is 15.3 Å². The number of hydrogen-bond acceptors (Lipinski definition) is 3. The number of aryl methyl sites for hydroxylation is 1. The quantitative estimate of drug-likeness (QED) is 0.908. The Balaban J connectivity index is 1.73. The number of alkyl halides is 3. The largest absolute Gasteiger partial charge is 0.389 e. The van der Waals surface area contributed by atoms with E-state index in [9.17, 15) is 18.0 Å². The van der Waals surface area contributed by atoms with Gasteiger partial charge in [0.15, 0.2) is 5.82 Å². The van der Waals surface area contributed by atoms with Gasteiger partial charge in [0.05, 0.1) is 12.5 Å². The molecule has 7 heteroatoms. The van der Waals surface area contributed by atoms with E-state index < -0.39 is 24.9 Å². The first kappa shape index (κ1) is 17.4. The van der Waals surface area contributed by atoms with E-state index in [4.69, 9.17) is 0 Å². The van der Waals surface area contributed by atoms with Gasteiger partial charge in [0, 0.05) is 29.4 Å². The fraction of sp³-hybridized carbons (Fsp3) is 0.389. The molecule has 0 spiro atoms. The maximum absolute atomic E-state index is 12.2. The lowest BCUT2D eigenvalue weighted by Crippen LogP contribution is -2.32. The summed E-state index contributed by atoms with van der Waals surface area (Å²) in [5, 5.41) is 2.69. The van der Waals surface area contributed by atoms with E-state index in [1.807, 2.05) is 30.3 Å². The summed E-state index contributed by atoms with van der Waals surface area (Å²) in [5.74, 6) is 0.0192. The third-order valence-electron chi connectivity index (χ3n) is 4.18. The molecule has 1 heterocycles. The number of carbonyl (C=O) groups excluding carboxylic acids is 1. The Hall–Kier alpha value is -2.44. The number of hydrogen-bond donors (Lipinski definition) is 1. The Bertz CT molecular complexity index is 747. The lowest BCUT2D eigenvalue weighted by atomic mass is 9.92. The van der Waals surface area contributed by atoms with Gasteiger partial charge >= 0.3 is 6.18 Å². The van der Waals surface area contributed by atoms with Crippen molar-refractivity contribution in [3.05, 3.63) is 47.8 Å². The third-order valence-corrected chi connectivity index (χ3v) is 4.18. The molecule has 1 aliphatic carbocycles. The maximum atomic E-state index is 12.2. The van der Waals surface area contributed by atoms with Crippen LogP contribution >= 0.6 is 0 Å². The van der Waals surface area contributed by atoms with Crippen LogP contribution in [0.25, 0.3) is 11.4 Å². The average Bonchev–Trinajstić information content (AvgIpc) is 2.60. The second kappa shape index (κ2) is 7.21. The zero-order valence-electron chi connectivity index (χ0n) is 13.5. The fourth-order valence-electron chi connectivity index (χ4n) is 2.94. The molecule has 0 radical (unpaired) electrons.